The van der Waals surface area contributed by atoms with E-state index < -0.39 is 17.7 Å². The lowest BCUT2D eigenvalue weighted by molar-refractivity contribution is -0.258. The van der Waals surface area contributed by atoms with Crippen molar-refractivity contribution < 1.29 is 38.4 Å². The molecule has 0 bridgehead atoms. The minimum absolute atomic E-state index is 0.0133. The fraction of sp³-hybridized carbons (Fsp3) is 0.500. The highest BCUT2D eigenvalue weighted by Gasteiger charge is 2.66. The average molecular weight is 795 g/mol. The minimum atomic E-state index is -1.37. The zero-order valence-electron chi connectivity index (χ0n) is 34.2. The largest absolute Gasteiger partial charge is 0.459 e. The van der Waals surface area contributed by atoms with E-state index in [1.54, 1.807) is 18.2 Å². The van der Waals surface area contributed by atoms with Gasteiger partial charge in [0.25, 0.3) is 0 Å². The molecule has 58 heavy (non-hydrogen) atoms. The Labute approximate surface area is 342 Å². The number of ether oxygens (including phenoxy) is 3. The molecule has 310 valence electrons. The molecule has 0 radical (unpaired) electrons. The fourth-order valence-corrected chi connectivity index (χ4v) is 9.46. The topological polar surface area (TPSA) is 110 Å². The number of aliphatic hydroxyl groups is 2. The van der Waals surface area contributed by atoms with E-state index in [1.165, 1.54) is 17.7 Å². The second-order valence-corrected chi connectivity index (χ2v) is 16.4. The third kappa shape index (κ3) is 8.75. The van der Waals surface area contributed by atoms with Crippen molar-refractivity contribution in [3.63, 3.8) is 0 Å². The van der Waals surface area contributed by atoms with Crippen molar-refractivity contribution in [3.8, 4) is 17.2 Å². The highest BCUT2D eigenvalue weighted by Crippen LogP contribution is 2.62. The van der Waals surface area contributed by atoms with Crippen molar-refractivity contribution in [3.05, 3.63) is 113 Å². The summed E-state index contributed by atoms with van der Waals surface area (Å²) in [6.07, 6.45) is 10.7. The number of fused-ring (bicyclic) bond motifs is 2. The molecule has 0 spiro atoms. The van der Waals surface area contributed by atoms with Crippen molar-refractivity contribution in [1.82, 2.24) is 4.90 Å². The summed E-state index contributed by atoms with van der Waals surface area (Å²) in [5.74, 6) is -0.122. The van der Waals surface area contributed by atoms with Crippen LogP contribution in [-0.4, -0.2) is 65.0 Å². The molecule has 0 saturated heterocycles. The molecule has 1 aliphatic heterocycles. The first kappa shape index (κ1) is 41.6. The zero-order chi connectivity index (χ0) is 40.8. The van der Waals surface area contributed by atoms with Gasteiger partial charge in [-0.15, -0.1) is 6.58 Å². The van der Waals surface area contributed by atoms with Crippen LogP contribution in [0.25, 0.3) is 0 Å². The zero-order valence-corrected chi connectivity index (χ0v) is 34.2. The van der Waals surface area contributed by atoms with E-state index in [2.05, 4.69) is 38.6 Å². The summed E-state index contributed by atoms with van der Waals surface area (Å²) in [7, 11) is 0. The van der Waals surface area contributed by atoms with Gasteiger partial charge in [-0.2, -0.15) is 0 Å². The second kappa shape index (κ2) is 18.6. The Morgan fingerprint density at radius 1 is 0.983 bits per heavy atom. The van der Waals surface area contributed by atoms with E-state index in [9.17, 15) is 19.4 Å². The van der Waals surface area contributed by atoms with Gasteiger partial charge in [0.1, 0.15) is 35.7 Å². The number of aryl methyl sites for hydroxylation is 2. The Kier molecular flexibility index (Phi) is 13.4. The maximum absolute atomic E-state index is 14.7. The molecule has 0 aromatic heterocycles. The van der Waals surface area contributed by atoms with Gasteiger partial charge >= 0.3 is 0 Å². The molecule has 2 fully saturated rings. The number of carbonyl (C=O) groups excluding carboxylic acids is 1. The van der Waals surface area contributed by atoms with Gasteiger partial charge in [-0.05, 0) is 136 Å². The number of oxime groups is 1. The van der Waals surface area contributed by atoms with Crippen LogP contribution in [0.1, 0.15) is 92.9 Å². The third-order valence-electron chi connectivity index (χ3n) is 12.5. The highest BCUT2D eigenvalue weighted by molar-refractivity contribution is 6.03. The van der Waals surface area contributed by atoms with Gasteiger partial charge in [-0.25, -0.2) is 4.39 Å². The molecule has 3 aromatic carbocycles. The summed E-state index contributed by atoms with van der Waals surface area (Å²) in [5, 5.41) is 24.6. The van der Waals surface area contributed by atoms with Crippen LogP contribution in [-0.2, 0) is 20.9 Å². The van der Waals surface area contributed by atoms with Gasteiger partial charge in [0.05, 0.1) is 18.2 Å². The van der Waals surface area contributed by atoms with Gasteiger partial charge in [0.2, 0.25) is 11.7 Å². The molecule has 0 unspecified atom stereocenters. The number of hydrogen-bond donors (Lipinski definition) is 2. The van der Waals surface area contributed by atoms with Gasteiger partial charge in [-0.1, -0.05) is 48.3 Å². The number of carbonyl (C=O) groups is 1. The molecular formula is C48H59FN2O7. The van der Waals surface area contributed by atoms with Crippen LogP contribution in [0.15, 0.2) is 90.1 Å². The molecular weight excluding hydrogens is 736 g/mol. The van der Waals surface area contributed by atoms with Crippen LogP contribution in [0.4, 0.5) is 4.39 Å². The van der Waals surface area contributed by atoms with Crippen LogP contribution < -0.4 is 9.47 Å². The summed E-state index contributed by atoms with van der Waals surface area (Å²) in [5.41, 5.74) is 5.85. The Morgan fingerprint density at radius 2 is 1.71 bits per heavy atom. The molecule has 3 aliphatic carbocycles. The average Bonchev–Trinajstić information content (AvgIpc) is 4.08. The maximum Gasteiger partial charge on any atom is 0.239 e. The molecule has 7 rings (SSSR count). The lowest BCUT2D eigenvalue weighted by Crippen LogP contribution is -2.70. The molecule has 1 heterocycles. The normalized spacial score (nSPS) is 25.2. The first-order valence-electron chi connectivity index (χ1n) is 21.2. The summed E-state index contributed by atoms with van der Waals surface area (Å²) in [4.78, 5) is 22.4. The number of amides is 1. The Bertz CT molecular complexity index is 1980. The quantitative estimate of drug-likeness (QED) is 0.0708. The number of allylic oxidation sites excluding steroid dienone is 1. The Morgan fingerprint density at radius 3 is 2.40 bits per heavy atom. The van der Waals surface area contributed by atoms with E-state index >= 15 is 0 Å². The van der Waals surface area contributed by atoms with E-state index in [4.69, 9.17) is 24.2 Å². The Hall–Kier alpha value is -4.51. The standard InChI is InChI=1S/C48H59FN2O7/c1-5-25-55-48-44(51(47(54)34-16-17-34)30-33-14-18-36(49)19-15-33)29-42(50-56-6-2)40-27-35(11-7-9-23-52)39(12-8-10-24-53)45(46(40)48)41-28-38(21-22-43(41)58-48)57-37-20-13-31(3)32(4)26-37/h5,13-15,18-22,26-28,34-35,39,44-46,52-53H,1,6-12,16-17,23-25,29-30H2,2-4H3/t35-,39+,44-,45+,46+,48+/m0/s1. The molecule has 6 atom stereocenters. The van der Waals surface area contributed by atoms with Crippen LogP contribution in [0.3, 0.4) is 0 Å². The monoisotopic (exact) mass is 794 g/mol. The number of hydrogen-bond acceptors (Lipinski definition) is 8. The molecule has 3 aromatic rings. The van der Waals surface area contributed by atoms with Crippen molar-refractivity contribution >= 4 is 11.6 Å². The number of unbranched alkanes of at least 4 members (excludes halogenated alkanes) is 2. The molecule has 4 aliphatic rings. The van der Waals surface area contributed by atoms with E-state index in [-0.39, 0.29) is 61.8 Å². The van der Waals surface area contributed by atoms with E-state index in [0.717, 1.165) is 72.2 Å². The van der Waals surface area contributed by atoms with Crippen LogP contribution in [0.2, 0.25) is 0 Å². The van der Waals surface area contributed by atoms with Crippen LogP contribution >= 0.6 is 0 Å². The summed E-state index contributed by atoms with van der Waals surface area (Å²) >= 11 is 0. The molecule has 1 amide bonds. The highest BCUT2D eigenvalue weighted by atomic mass is 19.1. The SMILES string of the molecule is C=CCO[C@@]12Oc3ccc(Oc4ccc(C)c(C)c4)cc3[C@H]3[C@H](CCCCO)[C@@H](CCCCO)C=C(C(=NOCC)C[C@@H]1N(Cc1ccc(F)cc1)C(=O)C1CC1)[C@H]32. The van der Waals surface area contributed by atoms with E-state index in [1.807, 2.05) is 36.1 Å². The lowest BCUT2D eigenvalue weighted by atomic mass is 9.55. The van der Waals surface area contributed by atoms with Gasteiger partial charge in [0, 0.05) is 43.6 Å². The number of benzene rings is 3. The second-order valence-electron chi connectivity index (χ2n) is 16.4. The number of rotatable bonds is 19. The first-order valence-corrected chi connectivity index (χ1v) is 21.2. The minimum Gasteiger partial charge on any atom is -0.459 e. The Balaban J connectivity index is 1.44. The van der Waals surface area contributed by atoms with Crippen molar-refractivity contribution in [1.29, 1.82) is 0 Å². The van der Waals surface area contributed by atoms with E-state index in [0.29, 0.717) is 37.4 Å². The van der Waals surface area contributed by atoms with Crippen molar-refractivity contribution in [2.45, 2.75) is 103 Å². The molecule has 10 heteroatoms. The van der Waals surface area contributed by atoms with Crippen LogP contribution in [0.5, 0.6) is 17.2 Å². The predicted molar refractivity (Wildman–Crippen MR) is 222 cm³/mol. The fourth-order valence-electron chi connectivity index (χ4n) is 9.46. The number of halogens is 1. The van der Waals surface area contributed by atoms with Gasteiger partial charge < -0.3 is 34.2 Å². The van der Waals surface area contributed by atoms with Crippen LogP contribution in [0, 0.1) is 43.3 Å². The maximum atomic E-state index is 14.7. The molecule has 2 N–H and O–H groups in total. The van der Waals surface area contributed by atoms with Gasteiger partial charge in [-0.3, -0.25) is 4.79 Å². The smallest absolute Gasteiger partial charge is 0.239 e. The van der Waals surface area contributed by atoms with Crippen molar-refractivity contribution in [2.75, 3.05) is 26.4 Å². The third-order valence-corrected chi connectivity index (χ3v) is 12.5. The lowest BCUT2D eigenvalue weighted by Gasteiger charge is -2.60. The summed E-state index contributed by atoms with van der Waals surface area (Å²) < 4.78 is 35.2. The van der Waals surface area contributed by atoms with Gasteiger partial charge in [0.15, 0.2) is 0 Å². The number of nitrogens with zero attached hydrogens (tertiary/aromatic N) is 2. The summed E-state index contributed by atoms with van der Waals surface area (Å²) in [6, 6.07) is 17.8. The molecule has 2 saturated carbocycles. The van der Waals surface area contributed by atoms with Crippen molar-refractivity contribution in [2.24, 2.45) is 28.8 Å². The molecule has 9 nitrogen and oxygen atoms in total. The number of aliphatic hydroxyl groups excluding tert-OH is 2. The summed E-state index contributed by atoms with van der Waals surface area (Å²) in [6.45, 7) is 11.1. The first-order chi connectivity index (χ1) is 28.2. The predicted octanol–water partition coefficient (Wildman–Crippen LogP) is 9.33.